The highest BCUT2D eigenvalue weighted by atomic mass is 16.3. The van der Waals surface area contributed by atoms with Crippen molar-refractivity contribution in [1.29, 1.82) is 0 Å². The minimum absolute atomic E-state index is 0.156. The van der Waals surface area contributed by atoms with Crippen LogP contribution in [0, 0.1) is 0 Å². The predicted octanol–water partition coefficient (Wildman–Crippen LogP) is 3.12. The molecule has 1 unspecified atom stereocenters. The average Bonchev–Trinajstić information content (AvgIpc) is 2.26. The Balaban J connectivity index is 2.83. The lowest BCUT2D eigenvalue weighted by molar-refractivity contribution is 0.330. The summed E-state index contributed by atoms with van der Waals surface area (Å²) in [7, 11) is 0. The van der Waals surface area contributed by atoms with Gasteiger partial charge < -0.3 is 5.11 Å². The second-order valence-electron chi connectivity index (χ2n) is 3.60. The SMILES string of the molecule is CCC(C=C(C)CO)c1ccccc1. The maximum atomic E-state index is 8.96. The molecule has 0 amide bonds. The lowest BCUT2D eigenvalue weighted by atomic mass is 9.94. The van der Waals surface area contributed by atoms with Crippen molar-refractivity contribution in [2.75, 3.05) is 6.61 Å². The molecule has 1 aromatic rings. The molecule has 0 spiro atoms. The Labute approximate surface area is 86.1 Å². The van der Waals surface area contributed by atoms with Gasteiger partial charge >= 0.3 is 0 Å². The van der Waals surface area contributed by atoms with Gasteiger partial charge in [-0.1, -0.05) is 48.9 Å². The van der Waals surface area contributed by atoms with E-state index < -0.39 is 0 Å². The van der Waals surface area contributed by atoms with Gasteiger partial charge in [-0.3, -0.25) is 0 Å². The molecule has 1 N–H and O–H groups in total. The first-order valence-electron chi connectivity index (χ1n) is 5.11. The van der Waals surface area contributed by atoms with Crippen LogP contribution >= 0.6 is 0 Å². The van der Waals surface area contributed by atoms with E-state index in [4.69, 9.17) is 5.11 Å². The van der Waals surface area contributed by atoms with Gasteiger partial charge in [0.1, 0.15) is 0 Å². The summed E-state index contributed by atoms with van der Waals surface area (Å²) in [5.74, 6) is 0.434. The molecule has 0 aromatic heterocycles. The molecule has 1 atom stereocenters. The Kier molecular flexibility index (Phi) is 4.41. The zero-order valence-electron chi connectivity index (χ0n) is 8.90. The van der Waals surface area contributed by atoms with Crippen molar-refractivity contribution < 1.29 is 5.11 Å². The summed E-state index contributed by atoms with van der Waals surface area (Å²) in [6.45, 7) is 4.29. The molecule has 0 bridgehead atoms. The smallest absolute Gasteiger partial charge is 0.0639 e. The predicted molar refractivity (Wildman–Crippen MR) is 60.3 cm³/mol. The maximum Gasteiger partial charge on any atom is 0.0639 e. The second kappa shape index (κ2) is 5.61. The molecule has 14 heavy (non-hydrogen) atoms. The van der Waals surface area contributed by atoms with Crippen LogP contribution in [0.5, 0.6) is 0 Å². The third-order valence-corrected chi connectivity index (χ3v) is 2.40. The summed E-state index contributed by atoms with van der Waals surface area (Å²) in [6.07, 6.45) is 3.22. The fourth-order valence-corrected chi connectivity index (χ4v) is 1.55. The van der Waals surface area contributed by atoms with E-state index in [9.17, 15) is 0 Å². The van der Waals surface area contributed by atoms with E-state index >= 15 is 0 Å². The topological polar surface area (TPSA) is 20.2 Å². The molecule has 1 nitrogen and oxygen atoms in total. The Hall–Kier alpha value is -1.08. The summed E-state index contributed by atoms with van der Waals surface area (Å²) < 4.78 is 0. The van der Waals surface area contributed by atoms with Gasteiger partial charge in [-0.05, 0) is 18.9 Å². The van der Waals surface area contributed by atoms with Crippen molar-refractivity contribution in [3.8, 4) is 0 Å². The van der Waals surface area contributed by atoms with Gasteiger partial charge in [0.25, 0.3) is 0 Å². The number of aliphatic hydroxyl groups excluding tert-OH is 1. The zero-order valence-corrected chi connectivity index (χ0v) is 8.90. The van der Waals surface area contributed by atoms with Crippen molar-refractivity contribution in [2.24, 2.45) is 0 Å². The molecule has 0 fully saturated rings. The Morgan fingerprint density at radius 3 is 2.50 bits per heavy atom. The molecule has 0 aliphatic rings. The number of benzene rings is 1. The second-order valence-corrected chi connectivity index (χ2v) is 3.60. The van der Waals surface area contributed by atoms with Gasteiger partial charge in [-0.15, -0.1) is 0 Å². The van der Waals surface area contributed by atoms with Crippen molar-refractivity contribution in [3.63, 3.8) is 0 Å². The van der Waals surface area contributed by atoms with E-state index in [0.29, 0.717) is 5.92 Å². The van der Waals surface area contributed by atoms with Crippen molar-refractivity contribution in [3.05, 3.63) is 47.5 Å². The van der Waals surface area contributed by atoms with E-state index in [-0.39, 0.29) is 6.61 Å². The molecule has 0 radical (unpaired) electrons. The quantitative estimate of drug-likeness (QED) is 0.723. The monoisotopic (exact) mass is 190 g/mol. The van der Waals surface area contributed by atoms with Crippen molar-refractivity contribution in [2.45, 2.75) is 26.2 Å². The fraction of sp³-hybridized carbons (Fsp3) is 0.385. The molecular formula is C13H18O. The van der Waals surface area contributed by atoms with Gasteiger partial charge in [-0.2, -0.15) is 0 Å². The molecule has 0 saturated carbocycles. The average molecular weight is 190 g/mol. The fourth-order valence-electron chi connectivity index (χ4n) is 1.55. The van der Waals surface area contributed by atoms with E-state index in [2.05, 4.69) is 37.3 Å². The van der Waals surface area contributed by atoms with Crippen molar-refractivity contribution in [1.82, 2.24) is 0 Å². The molecule has 0 aliphatic heterocycles. The van der Waals surface area contributed by atoms with Crippen molar-refractivity contribution >= 4 is 0 Å². The van der Waals surface area contributed by atoms with Gasteiger partial charge in [0.2, 0.25) is 0 Å². The summed E-state index contributed by atoms with van der Waals surface area (Å²) >= 11 is 0. The highest BCUT2D eigenvalue weighted by molar-refractivity contribution is 5.25. The first kappa shape index (κ1) is 11.0. The number of hydrogen-bond acceptors (Lipinski definition) is 1. The zero-order chi connectivity index (χ0) is 10.4. The van der Waals surface area contributed by atoms with E-state index in [1.807, 2.05) is 13.0 Å². The first-order valence-corrected chi connectivity index (χ1v) is 5.11. The van der Waals surface area contributed by atoms with E-state index in [1.54, 1.807) is 0 Å². The third-order valence-electron chi connectivity index (χ3n) is 2.40. The maximum absolute atomic E-state index is 8.96. The number of allylic oxidation sites excluding steroid dienone is 1. The van der Waals surface area contributed by atoms with Crippen LogP contribution in [0.2, 0.25) is 0 Å². The lowest BCUT2D eigenvalue weighted by Crippen LogP contribution is -1.95. The normalized spacial score (nSPS) is 14.1. The van der Waals surface area contributed by atoms with Gasteiger partial charge in [0.15, 0.2) is 0 Å². The standard InChI is InChI=1S/C13H18O/c1-3-12(9-11(2)10-14)13-7-5-4-6-8-13/h4-9,12,14H,3,10H2,1-2H3. The Morgan fingerprint density at radius 2 is 2.00 bits per heavy atom. The summed E-state index contributed by atoms with van der Waals surface area (Å²) in [6, 6.07) is 10.4. The molecule has 76 valence electrons. The number of aliphatic hydroxyl groups is 1. The summed E-state index contributed by atoms with van der Waals surface area (Å²) in [5.41, 5.74) is 2.36. The minimum Gasteiger partial charge on any atom is -0.392 e. The van der Waals surface area contributed by atoms with Crippen LogP contribution in [0.3, 0.4) is 0 Å². The Bertz CT molecular complexity index is 287. The molecule has 0 aliphatic carbocycles. The van der Waals surface area contributed by atoms with E-state index in [1.165, 1.54) is 5.56 Å². The number of hydrogen-bond donors (Lipinski definition) is 1. The van der Waals surface area contributed by atoms with Crippen LogP contribution in [-0.2, 0) is 0 Å². The van der Waals surface area contributed by atoms with Crippen LogP contribution in [0.4, 0.5) is 0 Å². The van der Waals surface area contributed by atoms with Crippen LogP contribution in [0.1, 0.15) is 31.7 Å². The molecule has 0 heterocycles. The number of rotatable bonds is 4. The summed E-state index contributed by atoms with van der Waals surface area (Å²) in [5, 5.41) is 8.96. The highest BCUT2D eigenvalue weighted by Gasteiger charge is 2.05. The third kappa shape index (κ3) is 3.00. The highest BCUT2D eigenvalue weighted by Crippen LogP contribution is 2.21. The van der Waals surface area contributed by atoms with Crippen LogP contribution < -0.4 is 0 Å². The van der Waals surface area contributed by atoms with Gasteiger partial charge in [0.05, 0.1) is 6.61 Å². The van der Waals surface area contributed by atoms with Crippen LogP contribution in [-0.4, -0.2) is 11.7 Å². The largest absolute Gasteiger partial charge is 0.392 e. The molecular weight excluding hydrogens is 172 g/mol. The van der Waals surface area contributed by atoms with Gasteiger partial charge in [0, 0.05) is 5.92 Å². The molecule has 1 heteroatoms. The Morgan fingerprint density at radius 1 is 1.36 bits per heavy atom. The van der Waals surface area contributed by atoms with Gasteiger partial charge in [-0.25, -0.2) is 0 Å². The molecule has 1 aromatic carbocycles. The lowest BCUT2D eigenvalue weighted by Gasteiger charge is -2.11. The molecule has 0 saturated heterocycles. The first-order chi connectivity index (χ1) is 6.77. The summed E-state index contributed by atoms with van der Waals surface area (Å²) in [4.78, 5) is 0. The van der Waals surface area contributed by atoms with E-state index in [0.717, 1.165) is 12.0 Å². The molecule has 1 rings (SSSR count). The minimum atomic E-state index is 0.156. The van der Waals surface area contributed by atoms with Crippen LogP contribution in [0.15, 0.2) is 42.0 Å². The van der Waals surface area contributed by atoms with Crippen LogP contribution in [0.25, 0.3) is 0 Å².